The average molecular weight is 535 g/mol. The number of benzene rings is 1. The van der Waals surface area contributed by atoms with Gasteiger partial charge in [0.1, 0.15) is 24.5 Å². The number of aromatic nitrogens is 4. The third-order valence-corrected chi connectivity index (χ3v) is 7.72. The third kappa shape index (κ3) is 5.87. The Balaban J connectivity index is 1.49. The largest absolute Gasteiger partial charge is 0.492 e. The van der Waals surface area contributed by atoms with Gasteiger partial charge in [0.15, 0.2) is 11.5 Å². The van der Waals surface area contributed by atoms with Crippen LogP contribution in [0.4, 0.5) is 5.82 Å². The van der Waals surface area contributed by atoms with Gasteiger partial charge in [-0.25, -0.2) is 23.9 Å². The predicted octanol–water partition coefficient (Wildman–Crippen LogP) is 4.20. The Bertz CT molecular complexity index is 1240. The molecule has 13 heteroatoms. The van der Waals surface area contributed by atoms with Crippen molar-refractivity contribution in [2.45, 2.75) is 44.2 Å². The lowest BCUT2D eigenvalue weighted by atomic mass is 9.87. The molecular weight excluding hydrogens is 507 g/mol. The number of hydrogen-bond acceptors (Lipinski definition) is 7. The maximum Gasteiger partial charge on any atom is 0.437 e. The molecule has 0 saturated heterocycles. The number of aliphatic imine (C=N–C) groups is 1. The standard InChI is InChI=1S/C23H28ClN6O5P/c1-25-21-20(23(31)26-2)30(13-14-34-18-9-5-17(24)6-10-18)22(28-21)16-3-7-19(8-4-16)35-36(32,33)29-12-11-27-15-29/h5-6,9-12,15-16,19H,1,3-4,7-8,13-14H2,2H3,(H,26,31)(H,32,33)/t16-,19-. The molecule has 1 aromatic carbocycles. The predicted molar refractivity (Wildman–Crippen MR) is 135 cm³/mol. The van der Waals surface area contributed by atoms with E-state index in [0.717, 1.165) is 4.34 Å². The van der Waals surface area contributed by atoms with E-state index in [1.54, 1.807) is 31.3 Å². The molecule has 0 spiro atoms. The SMILES string of the molecule is C=Nc1nc([C@H]2CC[C@H](OP(=O)(O)n3ccnc3)CC2)n(CCOc2ccc(Cl)cc2)c1C(=O)NC. The van der Waals surface area contributed by atoms with Crippen LogP contribution in [0, 0.1) is 0 Å². The van der Waals surface area contributed by atoms with E-state index in [4.69, 9.17) is 20.9 Å². The summed E-state index contributed by atoms with van der Waals surface area (Å²) in [7, 11) is -2.46. The number of halogens is 1. The van der Waals surface area contributed by atoms with Crippen LogP contribution in [0.15, 0.2) is 48.0 Å². The lowest BCUT2D eigenvalue weighted by molar-refractivity contribution is 0.0951. The van der Waals surface area contributed by atoms with E-state index in [1.165, 1.54) is 18.7 Å². The zero-order valence-corrected chi connectivity index (χ0v) is 21.4. The minimum atomic E-state index is -4.01. The maximum absolute atomic E-state index is 12.7. The summed E-state index contributed by atoms with van der Waals surface area (Å²) in [6, 6.07) is 7.04. The summed E-state index contributed by atoms with van der Waals surface area (Å²) in [5.41, 5.74) is 0.320. The van der Waals surface area contributed by atoms with Crippen LogP contribution >= 0.6 is 19.3 Å². The van der Waals surface area contributed by atoms with Gasteiger partial charge in [-0.15, -0.1) is 0 Å². The monoisotopic (exact) mass is 534 g/mol. The fraction of sp³-hybridized carbons (Fsp3) is 0.391. The van der Waals surface area contributed by atoms with Crippen LogP contribution in [0.1, 0.15) is 47.9 Å². The van der Waals surface area contributed by atoms with E-state index >= 15 is 0 Å². The van der Waals surface area contributed by atoms with Gasteiger partial charge in [-0.3, -0.25) is 9.32 Å². The van der Waals surface area contributed by atoms with Gasteiger partial charge in [-0.2, -0.15) is 0 Å². The molecule has 1 aliphatic rings. The molecule has 1 fully saturated rings. The topological polar surface area (TPSA) is 133 Å². The van der Waals surface area contributed by atoms with Crippen LogP contribution in [0.3, 0.4) is 0 Å². The van der Waals surface area contributed by atoms with Crippen molar-refractivity contribution in [2.24, 2.45) is 4.99 Å². The molecule has 1 amide bonds. The van der Waals surface area contributed by atoms with Crippen molar-refractivity contribution in [1.29, 1.82) is 0 Å². The summed E-state index contributed by atoms with van der Waals surface area (Å²) in [6.07, 6.45) is 6.15. The minimum absolute atomic E-state index is 0.00520. The van der Waals surface area contributed by atoms with Crippen LogP contribution in [0.5, 0.6) is 5.75 Å². The van der Waals surface area contributed by atoms with Gasteiger partial charge in [0.2, 0.25) is 0 Å². The molecule has 0 aliphatic heterocycles. The lowest BCUT2D eigenvalue weighted by Crippen LogP contribution is -2.26. The molecule has 1 saturated carbocycles. The molecule has 3 aromatic rings. The second-order valence-corrected chi connectivity index (χ2v) is 10.4. The summed E-state index contributed by atoms with van der Waals surface area (Å²) >= 11 is 5.94. The first-order valence-corrected chi connectivity index (χ1v) is 13.4. The second-order valence-electron chi connectivity index (χ2n) is 8.35. The summed E-state index contributed by atoms with van der Waals surface area (Å²) in [5, 5.41) is 3.26. The van der Waals surface area contributed by atoms with Crippen LogP contribution in [-0.4, -0.2) is 56.1 Å². The van der Waals surface area contributed by atoms with Gasteiger partial charge in [-0.1, -0.05) is 11.6 Å². The molecule has 36 heavy (non-hydrogen) atoms. The number of nitrogens with zero attached hydrogens (tertiary/aromatic N) is 5. The Labute approximate surface area is 213 Å². The Kier molecular flexibility index (Phi) is 8.25. The molecule has 192 valence electrons. The van der Waals surface area contributed by atoms with Gasteiger partial charge in [0, 0.05) is 30.4 Å². The highest BCUT2D eigenvalue weighted by atomic mass is 35.5. The first kappa shape index (κ1) is 26.1. The molecule has 1 unspecified atom stereocenters. The summed E-state index contributed by atoms with van der Waals surface area (Å²) < 4.78 is 26.9. The van der Waals surface area contributed by atoms with Crippen molar-refractivity contribution < 1.29 is 23.5 Å². The van der Waals surface area contributed by atoms with Crippen molar-refractivity contribution in [1.82, 2.24) is 24.2 Å². The first-order chi connectivity index (χ1) is 17.3. The molecule has 1 aliphatic carbocycles. The number of imidazole rings is 2. The van der Waals surface area contributed by atoms with Crippen LogP contribution in [0.2, 0.25) is 5.02 Å². The van der Waals surface area contributed by atoms with Crippen molar-refractivity contribution in [3.63, 3.8) is 0 Å². The molecule has 0 radical (unpaired) electrons. The molecule has 2 N–H and O–H groups in total. The molecule has 4 rings (SSSR count). The molecule has 2 aromatic heterocycles. The number of carbonyl (C=O) groups is 1. The van der Waals surface area contributed by atoms with E-state index in [2.05, 4.69) is 27.0 Å². The van der Waals surface area contributed by atoms with E-state index in [0.29, 0.717) is 61.1 Å². The summed E-state index contributed by atoms with van der Waals surface area (Å²) in [5.74, 6) is 1.31. The number of carbonyl (C=O) groups excluding carboxylic acids is 1. The Morgan fingerprint density at radius 2 is 2.03 bits per heavy atom. The molecule has 11 nitrogen and oxygen atoms in total. The maximum atomic E-state index is 12.7. The molecular formula is C23H28ClN6O5P. The van der Waals surface area contributed by atoms with Crippen molar-refractivity contribution in [3.8, 4) is 5.75 Å². The quantitative estimate of drug-likeness (QED) is 0.294. The van der Waals surface area contributed by atoms with E-state index in [1.807, 2.05) is 4.57 Å². The number of amides is 1. The molecule has 2 heterocycles. The van der Waals surface area contributed by atoms with Gasteiger partial charge < -0.3 is 19.5 Å². The van der Waals surface area contributed by atoms with Gasteiger partial charge in [0.05, 0.1) is 12.6 Å². The Morgan fingerprint density at radius 3 is 2.64 bits per heavy atom. The summed E-state index contributed by atoms with van der Waals surface area (Å²) in [4.78, 5) is 35.4. The zero-order chi connectivity index (χ0) is 25.7. The average Bonchev–Trinajstić information content (AvgIpc) is 3.54. The Morgan fingerprint density at radius 1 is 1.31 bits per heavy atom. The number of ether oxygens (including phenoxy) is 1. The fourth-order valence-corrected chi connectivity index (χ4v) is 5.56. The number of hydrogen-bond donors (Lipinski definition) is 2. The Hall–Kier alpha value is -2.98. The van der Waals surface area contributed by atoms with Crippen LogP contribution in [-0.2, 0) is 15.6 Å². The first-order valence-electron chi connectivity index (χ1n) is 11.5. The van der Waals surface area contributed by atoms with Crippen molar-refractivity contribution in [3.05, 3.63) is 59.5 Å². The fourth-order valence-electron chi connectivity index (χ4n) is 4.31. The number of nitrogens with one attached hydrogen (secondary N) is 1. The van der Waals surface area contributed by atoms with Gasteiger partial charge >= 0.3 is 7.75 Å². The van der Waals surface area contributed by atoms with Gasteiger partial charge in [-0.05, 0) is 56.7 Å². The van der Waals surface area contributed by atoms with E-state index < -0.39 is 7.75 Å². The highest BCUT2D eigenvalue weighted by molar-refractivity contribution is 7.51. The van der Waals surface area contributed by atoms with Gasteiger partial charge in [0.25, 0.3) is 5.91 Å². The normalized spacial score (nSPS) is 19.4. The highest BCUT2D eigenvalue weighted by Gasteiger charge is 2.34. The molecule has 1 atom stereocenters. The van der Waals surface area contributed by atoms with Crippen molar-refractivity contribution >= 4 is 37.8 Å². The number of rotatable bonds is 10. The second kappa shape index (κ2) is 11.4. The zero-order valence-electron chi connectivity index (χ0n) is 19.8. The minimum Gasteiger partial charge on any atom is -0.492 e. The molecule has 0 bridgehead atoms. The van der Waals surface area contributed by atoms with Crippen LogP contribution in [0.25, 0.3) is 0 Å². The third-order valence-electron chi connectivity index (χ3n) is 6.08. The van der Waals surface area contributed by atoms with Crippen molar-refractivity contribution in [2.75, 3.05) is 13.7 Å². The van der Waals surface area contributed by atoms with Crippen LogP contribution < -0.4 is 10.1 Å². The highest BCUT2D eigenvalue weighted by Crippen LogP contribution is 2.48. The van der Waals surface area contributed by atoms with E-state index in [9.17, 15) is 14.3 Å². The summed E-state index contributed by atoms with van der Waals surface area (Å²) in [6.45, 7) is 4.25. The smallest absolute Gasteiger partial charge is 0.437 e. The lowest BCUT2D eigenvalue weighted by Gasteiger charge is -2.29. The van der Waals surface area contributed by atoms with E-state index in [-0.39, 0.29) is 23.7 Å².